The van der Waals surface area contributed by atoms with Gasteiger partial charge in [0.05, 0.1) is 6.54 Å². The lowest BCUT2D eigenvalue weighted by Crippen LogP contribution is -2.42. The first kappa shape index (κ1) is 17.7. The largest absolute Gasteiger partial charge is 0.352 e. The van der Waals surface area contributed by atoms with Crippen LogP contribution in [0.3, 0.4) is 0 Å². The number of nitrogens with zero attached hydrogens (tertiary/aromatic N) is 1. The van der Waals surface area contributed by atoms with E-state index in [1.807, 2.05) is 75.4 Å². The Bertz CT molecular complexity index is 696. The summed E-state index contributed by atoms with van der Waals surface area (Å²) in [4.78, 5) is 26.5. The highest BCUT2D eigenvalue weighted by molar-refractivity contribution is 6.02. The summed E-state index contributed by atoms with van der Waals surface area (Å²) in [6.45, 7) is 6.23. The van der Waals surface area contributed by atoms with E-state index in [9.17, 15) is 9.59 Å². The fraction of sp³-hybridized carbons (Fsp3) is 0.300. The van der Waals surface area contributed by atoms with Crippen LogP contribution in [0.1, 0.15) is 31.1 Å². The van der Waals surface area contributed by atoms with Crippen molar-refractivity contribution in [1.82, 2.24) is 10.2 Å². The lowest BCUT2D eigenvalue weighted by atomic mass is 9.99. The summed E-state index contributed by atoms with van der Waals surface area (Å²) in [6.07, 6.45) is 0. The molecule has 0 aromatic heterocycles. The third-order valence-corrected chi connectivity index (χ3v) is 3.70. The Kier molecular flexibility index (Phi) is 6.13. The van der Waals surface area contributed by atoms with E-state index in [0.717, 1.165) is 11.1 Å². The number of carbonyl (C=O) groups is 2. The highest BCUT2D eigenvalue weighted by atomic mass is 16.2. The molecule has 0 atom stereocenters. The van der Waals surface area contributed by atoms with Crippen molar-refractivity contribution >= 4 is 11.8 Å². The predicted molar refractivity (Wildman–Crippen MR) is 96.7 cm³/mol. The van der Waals surface area contributed by atoms with Gasteiger partial charge in [-0.3, -0.25) is 9.59 Å². The van der Waals surface area contributed by atoms with Gasteiger partial charge in [0, 0.05) is 18.2 Å². The van der Waals surface area contributed by atoms with E-state index in [2.05, 4.69) is 5.32 Å². The first-order chi connectivity index (χ1) is 11.5. The molecule has 2 aromatic rings. The monoisotopic (exact) mass is 324 g/mol. The van der Waals surface area contributed by atoms with Gasteiger partial charge in [-0.25, -0.2) is 0 Å². The van der Waals surface area contributed by atoms with Gasteiger partial charge < -0.3 is 10.2 Å². The van der Waals surface area contributed by atoms with Crippen LogP contribution >= 0.6 is 0 Å². The molecule has 2 rings (SSSR count). The summed E-state index contributed by atoms with van der Waals surface area (Å²) in [7, 11) is 0. The van der Waals surface area contributed by atoms with Crippen molar-refractivity contribution in [2.45, 2.75) is 26.8 Å². The van der Waals surface area contributed by atoms with Gasteiger partial charge in [0.2, 0.25) is 5.91 Å². The maximum absolute atomic E-state index is 12.9. The van der Waals surface area contributed by atoms with Gasteiger partial charge in [-0.05, 0) is 38.0 Å². The van der Waals surface area contributed by atoms with Gasteiger partial charge in [-0.15, -0.1) is 0 Å². The van der Waals surface area contributed by atoms with Gasteiger partial charge in [0.15, 0.2) is 0 Å². The number of carbonyl (C=O) groups excluding carboxylic acids is 2. The van der Waals surface area contributed by atoms with Crippen molar-refractivity contribution in [2.75, 3.05) is 13.1 Å². The Labute approximate surface area is 143 Å². The molecule has 2 amide bonds. The van der Waals surface area contributed by atoms with Crippen molar-refractivity contribution in [3.8, 4) is 11.1 Å². The average Bonchev–Trinajstić information content (AvgIpc) is 2.59. The van der Waals surface area contributed by atoms with Crippen LogP contribution in [0.15, 0.2) is 54.6 Å². The minimum Gasteiger partial charge on any atom is -0.352 e. The van der Waals surface area contributed by atoms with E-state index in [1.54, 1.807) is 4.90 Å². The molecule has 4 heteroatoms. The summed E-state index contributed by atoms with van der Waals surface area (Å²) in [5.41, 5.74) is 2.48. The lowest BCUT2D eigenvalue weighted by molar-refractivity contribution is -0.122. The molecule has 0 aliphatic rings. The molecule has 0 saturated heterocycles. The molecule has 126 valence electrons. The van der Waals surface area contributed by atoms with Crippen LogP contribution < -0.4 is 5.32 Å². The number of likely N-dealkylation sites (N-methyl/N-ethyl adjacent to an activating group) is 1. The Morgan fingerprint density at radius 3 is 2.25 bits per heavy atom. The molecule has 0 aliphatic heterocycles. The van der Waals surface area contributed by atoms with Gasteiger partial charge in [0.25, 0.3) is 5.91 Å². The predicted octanol–water partition coefficient (Wildman–Crippen LogP) is 3.34. The molecule has 0 heterocycles. The maximum Gasteiger partial charge on any atom is 0.254 e. The molecule has 0 fully saturated rings. The summed E-state index contributed by atoms with van der Waals surface area (Å²) in [5, 5.41) is 2.83. The Hall–Kier alpha value is -2.62. The molecule has 1 N–H and O–H groups in total. The molecule has 0 radical (unpaired) electrons. The van der Waals surface area contributed by atoms with E-state index in [4.69, 9.17) is 0 Å². The quantitative estimate of drug-likeness (QED) is 0.886. The second-order valence-electron chi connectivity index (χ2n) is 5.95. The van der Waals surface area contributed by atoms with Crippen molar-refractivity contribution in [2.24, 2.45) is 0 Å². The number of amides is 2. The van der Waals surface area contributed by atoms with E-state index in [1.165, 1.54) is 0 Å². The van der Waals surface area contributed by atoms with Crippen LogP contribution in [0.4, 0.5) is 0 Å². The van der Waals surface area contributed by atoms with E-state index in [0.29, 0.717) is 12.1 Å². The second kappa shape index (κ2) is 8.29. The molecule has 24 heavy (non-hydrogen) atoms. The third kappa shape index (κ3) is 4.44. The van der Waals surface area contributed by atoms with E-state index < -0.39 is 0 Å². The first-order valence-electron chi connectivity index (χ1n) is 8.26. The minimum atomic E-state index is -0.141. The number of hydrogen-bond acceptors (Lipinski definition) is 2. The standard InChI is InChI=1S/C20H24N2O2/c1-4-22(14-19(23)21-15(2)3)20(24)18-13-9-8-12-17(18)16-10-6-5-7-11-16/h5-13,15H,4,14H2,1-3H3,(H,21,23). The van der Waals surface area contributed by atoms with Gasteiger partial charge in [-0.1, -0.05) is 48.5 Å². The topological polar surface area (TPSA) is 49.4 Å². The van der Waals surface area contributed by atoms with Gasteiger partial charge >= 0.3 is 0 Å². The Morgan fingerprint density at radius 1 is 1.00 bits per heavy atom. The number of nitrogens with one attached hydrogen (secondary N) is 1. The average molecular weight is 324 g/mol. The maximum atomic E-state index is 12.9. The highest BCUT2D eigenvalue weighted by Gasteiger charge is 2.20. The van der Waals surface area contributed by atoms with Crippen molar-refractivity contribution in [1.29, 1.82) is 0 Å². The summed E-state index contributed by atoms with van der Waals surface area (Å²) in [5.74, 6) is -0.270. The molecule has 0 aliphatic carbocycles. The van der Waals surface area contributed by atoms with Crippen LogP contribution in [-0.2, 0) is 4.79 Å². The van der Waals surface area contributed by atoms with Gasteiger partial charge in [-0.2, -0.15) is 0 Å². The molecular weight excluding hydrogens is 300 g/mol. The summed E-state index contributed by atoms with van der Waals surface area (Å²) in [6, 6.07) is 17.4. The zero-order chi connectivity index (χ0) is 17.5. The fourth-order valence-corrected chi connectivity index (χ4v) is 2.58. The normalized spacial score (nSPS) is 10.5. The van der Waals surface area contributed by atoms with Crippen molar-refractivity contribution in [3.63, 3.8) is 0 Å². The second-order valence-corrected chi connectivity index (χ2v) is 5.95. The Balaban J connectivity index is 2.27. The minimum absolute atomic E-state index is 0.0583. The smallest absolute Gasteiger partial charge is 0.254 e. The molecule has 4 nitrogen and oxygen atoms in total. The SMILES string of the molecule is CCN(CC(=O)NC(C)C)C(=O)c1ccccc1-c1ccccc1. The lowest BCUT2D eigenvalue weighted by Gasteiger charge is -2.22. The zero-order valence-corrected chi connectivity index (χ0v) is 14.5. The van der Waals surface area contributed by atoms with Crippen LogP contribution in [0.5, 0.6) is 0 Å². The van der Waals surface area contributed by atoms with Crippen molar-refractivity contribution < 1.29 is 9.59 Å². The zero-order valence-electron chi connectivity index (χ0n) is 14.5. The highest BCUT2D eigenvalue weighted by Crippen LogP contribution is 2.24. The molecule has 2 aromatic carbocycles. The van der Waals surface area contributed by atoms with Crippen LogP contribution in [-0.4, -0.2) is 35.8 Å². The molecule has 0 bridgehead atoms. The molecule has 0 spiro atoms. The number of hydrogen-bond donors (Lipinski definition) is 1. The van der Waals surface area contributed by atoms with E-state index >= 15 is 0 Å². The first-order valence-corrected chi connectivity index (χ1v) is 8.26. The Morgan fingerprint density at radius 2 is 1.62 bits per heavy atom. The number of rotatable bonds is 6. The molecular formula is C20H24N2O2. The summed E-state index contributed by atoms with van der Waals surface area (Å²) < 4.78 is 0. The fourth-order valence-electron chi connectivity index (χ4n) is 2.58. The third-order valence-electron chi connectivity index (χ3n) is 3.70. The van der Waals surface area contributed by atoms with Gasteiger partial charge in [0.1, 0.15) is 0 Å². The molecule has 0 unspecified atom stereocenters. The van der Waals surface area contributed by atoms with Crippen LogP contribution in [0.2, 0.25) is 0 Å². The molecule has 0 saturated carbocycles. The van der Waals surface area contributed by atoms with Crippen molar-refractivity contribution in [3.05, 3.63) is 60.2 Å². The van der Waals surface area contributed by atoms with Crippen LogP contribution in [0, 0.1) is 0 Å². The number of benzene rings is 2. The van der Waals surface area contributed by atoms with Crippen LogP contribution in [0.25, 0.3) is 11.1 Å². The summed E-state index contributed by atoms with van der Waals surface area (Å²) >= 11 is 0. The van der Waals surface area contributed by atoms with E-state index in [-0.39, 0.29) is 24.4 Å².